The Morgan fingerprint density at radius 2 is 2.17 bits per heavy atom. The Labute approximate surface area is 134 Å². The second-order valence-electron chi connectivity index (χ2n) is 5.89. The molecule has 0 saturated heterocycles. The van der Waals surface area contributed by atoms with Crippen molar-refractivity contribution >= 4 is 10.0 Å². The Kier molecular flexibility index (Phi) is 4.22. The summed E-state index contributed by atoms with van der Waals surface area (Å²) < 4.78 is 42.6. The number of hydrogen-bond acceptors (Lipinski definition) is 4. The van der Waals surface area contributed by atoms with Gasteiger partial charge < -0.3 is 5.11 Å². The lowest BCUT2D eigenvalue weighted by Crippen LogP contribution is -2.41. The van der Waals surface area contributed by atoms with Crippen LogP contribution in [-0.2, 0) is 17.1 Å². The first-order valence-electron chi connectivity index (χ1n) is 7.29. The molecule has 1 saturated carbocycles. The molecule has 2 aromatic rings. The Balaban J connectivity index is 1.89. The lowest BCUT2D eigenvalue weighted by molar-refractivity contribution is 0.0280. The summed E-state index contributed by atoms with van der Waals surface area (Å²) in [5.74, 6) is -0.623. The van der Waals surface area contributed by atoms with Gasteiger partial charge in [0, 0.05) is 18.8 Å². The van der Waals surface area contributed by atoms with E-state index in [-0.39, 0.29) is 10.8 Å². The maximum atomic E-state index is 13.3. The normalized spacial score (nSPS) is 22.6. The van der Waals surface area contributed by atoms with Crippen molar-refractivity contribution in [2.45, 2.75) is 29.9 Å². The van der Waals surface area contributed by atoms with Crippen molar-refractivity contribution in [1.29, 1.82) is 0 Å². The zero-order valence-electron chi connectivity index (χ0n) is 12.6. The summed E-state index contributed by atoms with van der Waals surface area (Å²) in [5, 5.41) is 13.6. The van der Waals surface area contributed by atoms with E-state index in [1.807, 2.05) is 0 Å². The fourth-order valence-corrected chi connectivity index (χ4v) is 4.13. The quantitative estimate of drug-likeness (QED) is 0.861. The van der Waals surface area contributed by atoms with Crippen LogP contribution in [0.1, 0.15) is 24.4 Å². The molecule has 23 heavy (non-hydrogen) atoms. The van der Waals surface area contributed by atoms with Gasteiger partial charge in [0.05, 0.1) is 23.2 Å². The van der Waals surface area contributed by atoms with Crippen LogP contribution in [0.2, 0.25) is 0 Å². The summed E-state index contributed by atoms with van der Waals surface area (Å²) in [7, 11) is -2.12. The highest BCUT2D eigenvalue weighted by atomic mass is 32.2. The second kappa shape index (κ2) is 6.03. The van der Waals surface area contributed by atoms with Crippen molar-refractivity contribution in [3.05, 3.63) is 48.0 Å². The molecule has 0 spiro atoms. The van der Waals surface area contributed by atoms with Crippen molar-refractivity contribution in [1.82, 2.24) is 14.5 Å². The van der Waals surface area contributed by atoms with Crippen LogP contribution >= 0.6 is 0 Å². The van der Waals surface area contributed by atoms with Crippen LogP contribution in [0, 0.1) is 11.7 Å². The summed E-state index contributed by atoms with van der Waals surface area (Å²) in [6.45, 7) is 0. The minimum absolute atomic E-state index is 0.0162. The third-order valence-corrected chi connectivity index (χ3v) is 5.53. The van der Waals surface area contributed by atoms with Crippen molar-refractivity contribution in [3.8, 4) is 0 Å². The van der Waals surface area contributed by atoms with Gasteiger partial charge in [-0.25, -0.2) is 17.5 Å². The molecule has 2 N–H and O–H groups in total. The highest BCUT2D eigenvalue weighted by molar-refractivity contribution is 7.89. The highest BCUT2D eigenvalue weighted by Gasteiger charge is 2.37. The van der Waals surface area contributed by atoms with E-state index < -0.39 is 28.0 Å². The van der Waals surface area contributed by atoms with Gasteiger partial charge in [-0.3, -0.25) is 4.68 Å². The van der Waals surface area contributed by atoms with Crippen molar-refractivity contribution in [2.24, 2.45) is 13.0 Å². The number of rotatable bonds is 5. The smallest absolute Gasteiger partial charge is 0.241 e. The lowest BCUT2D eigenvalue weighted by Gasteiger charge is -2.37. The van der Waals surface area contributed by atoms with Gasteiger partial charge in [-0.15, -0.1) is 0 Å². The van der Waals surface area contributed by atoms with Gasteiger partial charge in [-0.2, -0.15) is 5.10 Å². The maximum absolute atomic E-state index is 13.3. The van der Waals surface area contributed by atoms with Gasteiger partial charge in [0.25, 0.3) is 0 Å². The first-order chi connectivity index (χ1) is 10.8. The number of halogens is 1. The number of hydrogen-bond donors (Lipinski definition) is 2. The number of nitrogens with zero attached hydrogens (tertiary/aromatic N) is 2. The van der Waals surface area contributed by atoms with Gasteiger partial charge in [0.2, 0.25) is 10.0 Å². The summed E-state index contributed by atoms with van der Waals surface area (Å²) in [6, 6.07) is 4.38. The molecule has 0 unspecified atom stereocenters. The average Bonchev–Trinajstić information content (AvgIpc) is 2.88. The first-order valence-corrected chi connectivity index (χ1v) is 8.78. The van der Waals surface area contributed by atoms with Gasteiger partial charge in [-0.05, 0) is 37.0 Å². The fourth-order valence-electron chi connectivity index (χ4n) is 2.81. The standard InChI is InChI=1S/C15H18FN3O3S/c1-19-9-11(8-17-19)15(10-5-13(20)6-10)18-23(21,22)14-4-2-3-12(16)7-14/h2-4,7-10,13,15,18,20H,5-6H2,1H3/t10?,13?,15-/m0/s1. The largest absolute Gasteiger partial charge is 0.393 e. The zero-order valence-corrected chi connectivity index (χ0v) is 13.4. The minimum atomic E-state index is -3.87. The first kappa shape index (κ1) is 16.1. The molecule has 0 aliphatic heterocycles. The molecule has 0 amide bonds. The van der Waals surface area contributed by atoms with Crippen LogP contribution in [0.5, 0.6) is 0 Å². The van der Waals surface area contributed by atoms with Gasteiger partial charge in [-0.1, -0.05) is 6.07 Å². The average molecular weight is 339 g/mol. The Morgan fingerprint density at radius 1 is 1.43 bits per heavy atom. The van der Waals surface area contributed by atoms with E-state index in [4.69, 9.17) is 0 Å². The van der Waals surface area contributed by atoms with E-state index >= 15 is 0 Å². The molecule has 1 aliphatic rings. The molecule has 1 aliphatic carbocycles. The van der Waals surface area contributed by atoms with E-state index in [0.717, 1.165) is 11.6 Å². The van der Waals surface area contributed by atoms with Crippen LogP contribution in [0.25, 0.3) is 0 Å². The molecule has 0 radical (unpaired) electrons. The topological polar surface area (TPSA) is 84.2 Å². The number of aryl methyl sites for hydroxylation is 1. The molecule has 1 aromatic carbocycles. The molecule has 1 fully saturated rings. The van der Waals surface area contributed by atoms with Gasteiger partial charge >= 0.3 is 0 Å². The van der Waals surface area contributed by atoms with E-state index in [2.05, 4.69) is 9.82 Å². The summed E-state index contributed by atoms with van der Waals surface area (Å²) in [6.07, 6.45) is 3.97. The lowest BCUT2D eigenvalue weighted by atomic mass is 9.76. The van der Waals surface area contributed by atoms with Crippen LogP contribution < -0.4 is 4.72 Å². The van der Waals surface area contributed by atoms with Gasteiger partial charge in [0.1, 0.15) is 5.82 Å². The predicted molar refractivity (Wildman–Crippen MR) is 81.4 cm³/mol. The monoisotopic (exact) mass is 339 g/mol. The summed E-state index contributed by atoms with van der Waals surface area (Å²) >= 11 is 0. The molecular formula is C15H18FN3O3S. The minimum Gasteiger partial charge on any atom is -0.393 e. The maximum Gasteiger partial charge on any atom is 0.241 e. The van der Waals surface area contributed by atoms with Crippen molar-refractivity contribution in [2.75, 3.05) is 0 Å². The molecular weight excluding hydrogens is 321 g/mol. The van der Waals surface area contributed by atoms with Gasteiger partial charge in [0.15, 0.2) is 0 Å². The third kappa shape index (κ3) is 3.44. The third-order valence-electron chi connectivity index (χ3n) is 4.09. The van der Waals surface area contributed by atoms with Crippen LogP contribution in [0.3, 0.4) is 0 Å². The van der Waals surface area contributed by atoms with Crippen LogP contribution in [0.15, 0.2) is 41.6 Å². The van der Waals surface area contributed by atoms with E-state index in [9.17, 15) is 17.9 Å². The number of benzene rings is 1. The molecule has 124 valence electrons. The molecule has 3 rings (SSSR count). The SMILES string of the molecule is Cn1cc([C@@H](NS(=O)(=O)c2cccc(F)c2)C2CC(O)C2)cn1. The van der Waals surface area contributed by atoms with Crippen molar-refractivity contribution in [3.63, 3.8) is 0 Å². The number of sulfonamides is 1. The number of aliphatic hydroxyl groups excluding tert-OH is 1. The van der Waals surface area contributed by atoms with E-state index in [0.29, 0.717) is 12.8 Å². The van der Waals surface area contributed by atoms with E-state index in [1.54, 1.807) is 24.1 Å². The molecule has 6 nitrogen and oxygen atoms in total. The molecule has 1 atom stereocenters. The Morgan fingerprint density at radius 3 is 2.74 bits per heavy atom. The molecule has 1 heterocycles. The zero-order chi connectivity index (χ0) is 16.6. The number of aromatic nitrogens is 2. The Hall–Kier alpha value is -1.77. The highest BCUT2D eigenvalue weighted by Crippen LogP contribution is 2.38. The molecule has 8 heteroatoms. The molecule has 1 aromatic heterocycles. The van der Waals surface area contributed by atoms with Crippen molar-refractivity contribution < 1.29 is 17.9 Å². The van der Waals surface area contributed by atoms with Crippen LogP contribution in [0.4, 0.5) is 4.39 Å². The van der Waals surface area contributed by atoms with E-state index in [1.165, 1.54) is 18.2 Å². The number of aliphatic hydroxyl groups is 1. The molecule has 0 bridgehead atoms. The summed E-state index contributed by atoms with van der Waals surface area (Å²) in [5.41, 5.74) is 0.726. The predicted octanol–water partition coefficient (Wildman–Crippen LogP) is 1.35. The second-order valence-corrected chi connectivity index (χ2v) is 7.60. The van der Waals surface area contributed by atoms with Crippen LogP contribution in [-0.4, -0.2) is 29.4 Å². The number of nitrogens with one attached hydrogen (secondary N) is 1. The Bertz CT molecular complexity index is 800. The fraction of sp³-hybridized carbons (Fsp3) is 0.400. The summed E-state index contributed by atoms with van der Waals surface area (Å²) in [4.78, 5) is -0.119.